The lowest BCUT2D eigenvalue weighted by Crippen LogP contribution is -2.40. The van der Waals surface area contributed by atoms with E-state index in [1.807, 2.05) is 42.3 Å². The molecule has 0 radical (unpaired) electrons. The highest BCUT2D eigenvalue weighted by atomic mass is 16.4. The third-order valence-electron chi connectivity index (χ3n) is 4.62. The van der Waals surface area contributed by atoms with E-state index in [1.54, 1.807) is 10.9 Å². The van der Waals surface area contributed by atoms with Crippen molar-refractivity contribution in [2.24, 2.45) is 5.92 Å². The zero-order chi connectivity index (χ0) is 17.8. The molecule has 132 valence electrons. The van der Waals surface area contributed by atoms with Gasteiger partial charge in [-0.3, -0.25) is 14.3 Å². The predicted molar refractivity (Wildman–Crippen MR) is 94.4 cm³/mol. The second kappa shape index (κ2) is 7.51. The Hall–Kier alpha value is -2.63. The molecule has 1 aromatic heterocycles. The van der Waals surface area contributed by atoms with E-state index in [2.05, 4.69) is 5.10 Å². The summed E-state index contributed by atoms with van der Waals surface area (Å²) in [4.78, 5) is 25.5. The van der Waals surface area contributed by atoms with Crippen molar-refractivity contribution in [3.63, 3.8) is 0 Å². The number of carbonyl (C=O) groups is 2. The summed E-state index contributed by atoms with van der Waals surface area (Å²) in [7, 11) is 0. The van der Waals surface area contributed by atoms with Crippen LogP contribution in [-0.4, -0.2) is 33.3 Å². The third-order valence-corrected chi connectivity index (χ3v) is 4.62. The van der Waals surface area contributed by atoms with Crippen LogP contribution >= 0.6 is 0 Å². The van der Waals surface area contributed by atoms with Gasteiger partial charge < -0.3 is 10.0 Å². The van der Waals surface area contributed by atoms with Gasteiger partial charge in [0.1, 0.15) is 0 Å². The lowest BCUT2D eigenvalue weighted by Gasteiger charge is -2.34. The monoisotopic (exact) mass is 341 g/mol. The summed E-state index contributed by atoms with van der Waals surface area (Å²) in [6.45, 7) is 3.10. The van der Waals surface area contributed by atoms with Crippen LogP contribution in [0.25, 0.3) is 0 Å². The van der Waals surface area contributed by atoms with E-state index in [4.69, 9.17) is 5.11 Å². The molecule has 6 heteroatoms. The Morgan fingerprint density at radius 3 is 2.80 bits per heavy atom. The fourth-order valence-electron chi connectivity index (χ4n) is 3.37. The quantitative estimate of drug-likeness (QED) is 0.876. The van der Waals surface area contributed by atoms with Crippen LogP contribution in [0, 0.1) is 12.8 Å². The largest absolute Gasteiger partial charge is 0.481 e. The van der Waals surface area contributed by atoms with Gasteiger partial charge in [-0.15, -0.1) is 0 Å². The van der Waals surface area contributed by atoms with Gasteiger partial charge in [-0.2, -0.15) is 5.10 Å². The number of hydrogen-bond donors (Lipinski definition) is 1. The molecule has 25 heavy (non-hydrogen) atoms. The molecule has 1 aromatic carbocycles. The molecular weight excluding hydrogens is 318 g/mol. The molecule has 0 spiro atoms. The summed E-state index contributed by atoms with van der Waals surface area (Å²) < 4.78 is 1.78. The van der Waals surface area contributed by atoms with Crippen LogP contribution in [0.15, 0.2) is 36.7 Å². The average molecular weight is 341 g/mol. The lowest BCUT2D eigenvalue weighted by atomic mass is 9.89. The highest BCUT2D eigenvalue weighted by Crippen LogP contribution is 2.32. The Bertz CT molecular complexity index is 769. The number of carbonyl (C=O) groups excluding carboxylic acids is 1. The predicted octanol–water partition coefficient (Wildman–Crippen LogP) is 2.65. The van der Waals surface area contributed by atoms with E-state index in [-0.39, 0.29) is 18.2 Å². The Morgan fingerprint density at radius 1 is 1.28 bits per heavy atom. The molecule has 2 aromatic rings. The van der Waals surface area contributed by atoms with Gasteiger partial charge in [-0.1, -0.05) is 18.2 Å². The first-order valence-electron chi connectivity index (χ1n) is 8.62. The number of aliphatic carboxylic acids is 1. The van der Waals surface area contributed by atoms with Crippen LogP contribution < -0.4 is 4.90 Å². The highest BCUT2D eigenvalue weighted by molar-refractivity contribution is 5.94. The number of hydrogen-bond acceptors (Lipinski definition) is 3. The molecule has 0 bridgehead atoms. The zero-order valence-electron chi connectivity index (χ0n) is 14.4. The molecule has 0 saturated carbocycles. The summed E-state index contributed by atoms with van der Waals surface area (Å²) >= 11 is 0. The number of aromatic nitrogens is 2. The first-order chi connectivity index (χ1) is 12.0. The fourth-order valence-corrected chi connectivity index (χ4v) is 3.37. The molecule has 3 rings (SSSR count). The molecule has 0 saturated heterocycles. The van der Waals surface area contributed by atoms with Crippen molar-refractivity contribution in [3.8, 4) is 0 Å². The molecule has 1 unspecified atom stereocenters. The summed E-state index contributed by atoms with van der Waals surface area (Å²) in [5.41, 5.74) is 3.15. The van der Waals surface area contributed by atoms with E-state index < -0.39 is 5.97 Å². The number of para-hydroxylation sites is 1. The highest BCUT2D eigenvalue weighted by Gasteiger charge is 2.28. The van der Waals surface area contributed by atoms with Crippen LogP contribution in [0.3, 0.4) is 0 Å². The van der Waals surface area contributed by atoms with Gasteiger partial charge in [-0.05, 0) is 42.9 Å². The van der Waals surface area contributed by atoms with Crippen molar-refractivity contribution in [3.05, 3.63) is 47.8 Å². The van der Waals surface area contributed by atoms with Crippen molar-refractivity contribution in [1.29, 1.82) is 0 Å². The minimum Gasteiger partial charge on any atom is -0.481 e. The molecule has 0 fully saturated rings. The van der Waals surface area contributed by atoms with E-state index in [9.17, 15) is 9.59 Å². The SMILES string of the molecule is Cc1cnn(CCC(=O)N2CC(CCC(=O)O)Cc3ccccc32)c1. The van der Waals surface area contributed by atoms with Gasteiger partial charge in [0.25, 0.3) is 0 Å². The van der Waals surface area contributed by atoms with Crippen LogP contribution in [0.5, 0.6) is 0 Å². The number of carboxylic acid groups (broad SMARTS) is 1. The maximum atomic E-state index is 12.8. The second-order valence-corrected chi connectivity index (χ2v) is 6.67. The van der Waals surface area contributed by atoms with Crippen LogP contribution in [0.4, 0.5) is 5.69 Å². The normalized spacial score (nSPS) is 16.5. The molecular formula is C19H23N3O3. The van der Waals surface area contributed by atoms with Crippen LogP contribution in [0.1, 0.15) is 30.4 Å². The van der Waals surface area contributed by atoms with Crippen molar-refractivity contribution in [1.82, 2.24) is 9.78 Å². The van der Waals surface area contributed by atoms with Crippen molar-refractivity contribution >= 4 is 17.6 Å². The number of carboxylic acids is 1. The number of fused-ring (bicyclic) bond motifs is 1. The number of amides is 1. The maximum Gasteiger partial charge on any atom is 0.303 e. The number of anilines is 1. The molecule has 1 aliphatic rings. The Morgan fingerprint density at radius 2 is 2.08 bits per heavy atom. The topological polar surface area (TPSA) is 75.4 Å². The standard InChI is InChI=1S/C19H23N3O3/c1-14-11-20-21(12-14)9-8-18(23)22-13-15(6-7-19(24)25)10-16-4-2-3-5-17(16)22/h2-5,11-12,15H,6-10,13H2,1H3,(H,24,25). The van der Waals surface area contributed by atoms with Gasteiger partial charge >= 0.3 is 5.97 Å². The molecule has 1 aliphatic heterocycles. The van der Waals surface area contributed by atoms with Crippen LogP contribution in [-0.2, 0) is 22.6 Å². The summed E-state index contributed by atoms with van der Waals surface area (Å²) in [6, 6.07) is 7.90. The zero-order valence-corrected chi connectivity index (χ0v) is 14.4. The number of nitrogens with zero attached hydrogens (tertiary/aromatic N) is 3. The van der Waals surface area contributed by atoms with Crippen molar-refractivity contribution < 1.29 is 14.7 Å². The summed E-state index contributed by atoms with van der Waals surface area (Å²) in [5, 5.41) is 13.2. The summed E-state index contributed by atoms with van der Waals surface area (Å²) in [5.74, 6) is -0.548. The fraction of sp³-hybridized carbons (Fsp3) is 0.421. The Kier molecular flexibility index (Phi) is 5.16. The summed E-state index contributed by atoms with van der Waals surface area (Å²) in [6.07, 6.45) is 5.63. The molecule has 1 N–H and O–H groups in total. The Balaban J connectivity index is 1.71. The first kappa shape index (κ1) is 17.2. The number of aryl methyl sites for hydroxylation is 2. The van der Waals surface area contributed by atoms with Gasteiger partial charge in [0.2, 0.25) is 5.91 Å². The molecule has 0 aliphatic carbocycles. The van der Waals surface area contributed by atoms with Crippen molar-refractivity contribution in [2.75, 3.05) is 11.4 Å². The van der Waals surface area contributed by atoms with Crippen molar-refractivity contribution in [2.45, 2.75) is 39.2 Å². The third kappa shape index (κ3) is 4.26. The van der Waals surface area contributed by atoms with Crippen LogP contribution in [0.2, 0.25) is 0 Å². The molecule has 1 amide bonds. The van der Waals surface area contributed by atoms with Gasteiger partial charge in [0.15, 0.2) is 0 Å². The average Bonchev–Trinajstić information content (AvgIpc) is 3.02. The molecule has 1 atom stereocenters. The first-order valence-corrected chi connectivity index (χ1v) is 8.62. The lowest BCUT2D eigenvalue weighted by molar-refractivity contribution is -0.137. The second-order valence-electron chi connectivity index (χ2n) is 6.67. The number of benzene rings is 1. The van der Waals surface area contributed by atoms with Gasteiger partial charge in [0.05, 0.1) is 6.20 Å². The Labute approximate surface area is 147 Å². The minimum absolute atomic E-state index is 0.0561. The molecule has 6 nitrogen and oxygen atoms in total. The van der Waals surface area contributed by atoms with E-state index in [0.717, 1.165) is 23.2 Å². The van der Waals surface area contributed by atoms with E-state index in [0.29, 0.717) is 25.9 Å². The minimum atomic E-state index is -0.786. The smallest absolute Gasteiger partial charge is 0.303 e. The van der Waals surface area contributed by atoms with E-state index in [1.165, 1.54) is 0 Å². The van der Waals surface area contributed by atoms with E-state index >= 15 is 0 Å². The number of rotatable bonds is 6. The molecule has 2 heterocycles. The van der Waals surface area contributed by atoms with Gasteiger partial charge in [0, 0.05) is 37.8 Å². The maximum absolute atomic E-state index is 12.8. The van der Waals surface area contributed by atoms with Gasteiger partial charge in [-0.25, -0.2) is 0 Å².